The molecule has 1 aromatic heterocycles. The molecule has 0 saturated heterocycles. The average Bonchev–Trinajstić information content (AvgIpc) is 3.05. The van der Waals surface area contributed by atoms with Gasteiger partial charge >= 0.3 is 0 Å². The fourth-order valence-corrected chi connectivity index (χ4v) is 2.08. The van der Waals surface area contributed by atoms with Gasteiger partial charge in [-0.3, -0.25) is 0 Å². The minimum Gasteiger partial charge on any atom is -0.497 e. The Morgan fingerprint density at radius 2 is 1.82 bits per heavy atom. The van der Waals surface area contributed by atoms with Gasteiger partial charge in [0.05, 0.1) is 7.11 Å². The molecule has 2 aromatic carbocycles. The lowest BCUT2D eigenvalue weighted by molar-refractivity contribution is 0.415. The monoisotopic (exact) mass is 295 g/mol. The standard InChI is InChI=1S/C17H17N3O2/c1-21-15-9-7-14(8-10-15)18-12-11-16-19-17(22-20-16)13-5-3-2-4-6-13/h2-10,18H,11-12H2,1H3. The molecule has 0 bridgehead atoms. The van der Waals surface area contributed by atoms with Crippen molar-refractivity contribution in [2.45, 2.75) is 6.42 Å². The van der Waals surface area contributed by atoms with Crippen molar-refractivity contribution in [2.75, 3.05) is 19.0 Å². The number of hydrogen-bond donors (Lipinski definition) is 1. The Balaban J connectivity index is 1.54. The van der Waals surface area contributed by atoms with E-state index in [0.29, 0.717) is 18.1 Å². The second kappa shape index (κ2) is 6.76. The maximum absolute atomic E-state index is 5.28. The number of anilines is 1. The van der Waals surface area contributed by atoms with Crippen LogP contribution in [0.1, 0.15) is 5.82 Å². The number of rotatable bonds is 6. The molecule has 112 valence electrons. The summed E-state index contributed by atoms with van der Waals surface area (Å²) in [7, 11) is 1.66. The van der Waals surface area contributed by atoms with Crippen LogP contribution >= 0.6 is 0 Å². The highest BCUT2D eigenvalue weighted by atomic mass is 16.5. The van der Waals surface area contributed by atoms with Crippen molar-refractivity contribution in [2.24, 2.45) is 0 Å². The van der Waals surface area contributed by atoms with Gasteiger partial charge in [-0.15, -0.1) is 0 Å². The quantitative estimate of drug-likeness (QED) is 0.755. The summed E-state index contributed by atoms with van der Waals surface area (Å²) in [5, 5.41) is 7.32. The lowest BCUT2D eigenvalue weighted by atomic mass is 10.2. The number of ether oxygens (including phenoxy) is 1. The van der Waals surface area contributed by atoms with Crippen molar-refractivity contribution in [3.8, 4) is 17.2 Å². The zero-order valence-corrected chi connectivity index (χ0v) is 12.3. The first kappa shape index (κ1) is 14.1. The highest BCUT2D eigenvalue weighted by molar-refractivity contribution is 5.52. The van der Waals surface area contributed by atoms with Gasteiger partial charge in [-0.05, 0) is 36.4 Å². The zero-order valence-electron chi connectivity index (χ0n) is 12.3. The van der Waals surface area contributed by atoms with Gasteiger partial charge in [0.2, 0.25) is 0 Å². The summed E-state index contributed by atoms with van der Waals surface area (Å²) in [6.07, 6.45) is 0.697. The number of methoxy groups -OCH3 is 1. The molecule has 0 aliphatic rings. The maximum atomic E-state index is 5.28. The lowest BCUT2D eigenvalue weighted by Crippen LogP contribution is -2.05. The van der Waals surface area contributed by atoms with Crippen molar-refractivity contribution in [3.63, 3.8) is 0 Å². The third kappa shape index (κ3) is 3.44. The first-order valence-electron chi connectivity index (χ1n) is 7.11. The van der Waals surface area contributed by atoms with Crippen molar-refractivity contribution in [1.29, 1.82) is 0 Å². The molecular formula is C17H17N3O2. The summed E-state index contributed by atoms with van der Waals surface area (Å²) >= 11 is 0. The topological polar surface area (TPSA) is 60.2 Å². The van der Waals surface area contributed by atoms with Crippen LogP contribution in [0.15, 0.2) is 59.1 Å². The van der Waals surface area contributed by atoms with Gasteiger partial charge in [-0.25, -0.2) is 0 Å². The Bertz CT molecular complexity index is 708. The highest BCUT2D eigenvalue weighted by Crippen LogP contribution is 2.17. The van der Waals surface area contributed by atoms with E-state index in [0.717, 1.165) is 23.5 Å². The minimum absolute atomic E-state index is 0.556. The van der Waals surface area contributed by atoms with Crippen LogP contribution in [-0.2, 0) is 6.42 Å². The number of benzene rings is 2. The third-order valence-electron chi connectivity index (χ3n) is 3.26. The summed E-state index contributed by atoms with van der Waals surface area (Å²) in [6.45, 7) is 0.736. The van der Waals surface area contributed by atoms with Crippen LogP contribution in [0.25, 0.3) is 11.5 Å². The Labute approximate surface area is 128 Å². The fourth-order valence-electron chi connectivity index (χ4n) is 2.08. The van der Waals surface area contributed by atoms with Gasteiger partial charge in [-0.2, -0.15) is 4.98 Å². The molecule has 0 aliphatic carbocycles. The highest BCUT2D eigenvalue weighted by Gasteiger charge is 2.07. The molecule has 0 atom stereocenters. The van der Waals surface area contributed by atoms with Crippen LogP contribution in [0.5, 0.6) is 5.75 Å². The molecule has 0 spiro atoms. The lowest BCUT2D eigenvalue weighted by Gasteiger charge is -2.05. The summed E-state index contributed by atoms with van der Waals surface area (Å²) in [4.78, 5) is 4.40. The van der Waals surface area contributed by atoms with Crippen molar-refractivity contribution in [3.05, 3.63) is 60.4 Å². The van der Waals surface area contributed by atoms with E-state index in [9.17, 15) is 0 Å². The van der Waals surface area contributed by atoms with E-state index in [2.05, 4.69) is 15.5 Å². The molecule has 1 heterocycles. The van der Waals surface area contributed by atoms with Crippen molar-refractivity contribution in [1.82, 2.24) is 10.1 Å². The molecule has 3 rings (SSSR count). The van der Waals surface area contributed by atoms with Crippen LogP contribution in [0, 0.1) is 0 Å². The van der Waals surface area contributed by atoms with E-state index in [4.69, 9.17) is 9.26 Å². The van der Waals surface area contributed by atoms with Crippen LogP contribution in [-0.4, -0.2) is 23.8 Å². The van der Waals surface area contributed by atoms with Gasteiger partial charge in [0.25, 0.3) is 5.89 Å². The zero-order chi connectivity index (χ0) is 15.2. The van der Waals surface area contributed by atoms with E-state index in [1.165, 1.54) is 0 Å². The number of nitrogens with one attached hydrogen (secondary N) is 1. The predicted molar refractivity (Wildman–Crippen MR) is 84.9 cm³/mol. The van der Waals surface area contributed by atoms with Gasteiger partial charge < -0.3 is 14.6 Å². The van der Waals surface area contributed by atoms with Crippen LogP contribution < -0.4 is 10.1 Å². The van der Waals surface area contributed by atoms with Crippen LogP contribution in [0.2, 0.25) is 0 Å². The van der Waals surface area contributed by atoms with Crippen molar-refractivity contribution >= 4 is 5.69 Å². The van der Waals surface area contributed by atoms with Gasteiger partial charge in [-0.1, -0.05) is 23.4 Å². The molecule has 0 unspecified atom stereocenters. The molecule has 5 heteroatoms. The second-order valence-electron chi connectivity index (χ2n) is 4.79. The minimum atomic E-state index is 0.556. The molecule has 1 N–H and O–H groups in total. The number of aromatic nitrogens is 2. The summed E-state index contributed by atoms with van der Waals surface area (Å²) < 4.78 is 10.4. The van der Waals surface area contributed by atoms with Crippen LogP contribution in [0.3, 0.4) is 0 Å². The average molecular weight is 295 g/mol. The molecule has 0 radical (unpaired) electrons. The van der Waals surface area contributed by atoms with E-state index in [-0.39, 0.29) is 0 Å². The van der Waals surface area contributed by atoms with Gasteiger partial charge in [0, 0.05) is 24.2 Å². The predicted octanol–water partition coefficient (Wildman–Crippen LogP) is 3.40. The van der Waals surface area contributed by atoms with Gasteiger partial charge in [0.1, 0.15) is 5.75 Å². The van der Waals surface area contributed by atoms with Gasteiger partial charge in [0.15, 0.2) is 5.82 Å². The Kier molecular flexibility index (Phi) is 4.34. The molecule has 0 fully saturated rings. The molecule has 22 heavy (non-hydrogen) atoms. The molecule has 0 saturated carbocycles. The Morgan fingerprint density at radius 3 is 2.55 bits per heavy atom. The largest absolute Gasteiger partial charge is 0.497 e. The SMILES string of the molecule is COc1ccc(NCCc2noc(-c3ccccc3)n2)cc1. The van der Waals surface area contributed by atoms with Crippen molar-refractivity contribution < 1.29 is 9.26 Å². The van der Waals surface area contributed by atoms with E-state index >= 15 is 0 Å². The number of hydrogen-bond acceptors (Lipinski definition) is 5. The fraction of sp³-hybridized carbons (Fsp3) is 0.176. The molecule has 0 aliphatic heterocycles. The first-order valence-corrected chi connectivity index (χ1v) is 7.11. The molecule has 3 aromatic rings. The Hall–Kier alpha value is -2.82. The molecule has 0 amide bonds. The Morgan fingerprint density at radius 1 is 1.05 bits per heavy atom. The first-order chi connectivity index (χ1) is 10.8. The van der Waals surface area contributed by atoms with Crippen LogP contribution in [0.4, 0.5) is 5.69 Å². The third-order valence-corrected chi connectivity index (χ3v) is 3.26. The normalized spacial score (nSPS) is 10.4. The summed E-state index contributed by atoms with van der Waals surface area (Å²) in [6, 6.07) is 17.6. The second-order valence-corrected chi connectivity index (χ2v) is 4.79. The number of nitrogens with zero attached hydrogens (tertiary/aromatic N) is 2. The smallest absolute Gasteiger partial charge is 0.257 e. The molecular weight excluding hydrogens is 278 g/mol. The maximum Gasteiger partial charge on any atom is 0.257 e. The summed E-state index contributed by atoms with van der Waals surface area (Å²) in [5.74, 6) is 2.09. The molecule has 5 nitrogen and oxygen atoms in total. The van der Waals surface area contributed by atoms with E-state index in [1.54, 1.807) is 7.11 Å². The van der Waals surface area contributed by atoms with E-state index < -0.39 is 0 Å². The summed E-state index contributed by atoms with van der Waals surface area (Å²) in [5.41, 5.74) is 1.97. The van der Waals surface area contributed by atoms with E-state index in [1.807, 2.05) is 54.6 Å².